The Labute approximate surface area is 136 Å². The van der Waals surface area contributed by atoms with Gasteiger partial charge in [-0.3, -0.25) is 4.90 Å². The second kappa shape index (κ2) is 6.57. The van der Waals surface area contributed by atoms with Crippen LogP contribution in [0.25, 0.3) is 0 Å². The zero-order valence-corrected chi connectivity index (χ0v) is 14.6. The van der Waals surface area contributed by atoms with E-state index in [1.54, 1.807) is 7.11 Å². The molecule has 0 aliphatic carbocycles. The zero-order chi connectivity index (χ0) is 14.8. The standard InChI is InChI=1S/C17H25BrN2O/c1-3-14-11-19-9-5-4-6-15(19)12-20(14)16-10-13(18)7-8-17(16)21-2/h7-8,10,14-15H,3-6,9,11-12H2,1-2H3. The molecule has 0 radical (unpaired) electrons. The fraction of sp³-hybridized carbons (Fsp3) is 0.647. The molecule has 0 aromatic heterocycles. The van der Waals surface area contributed by atoms with Gasteiger partial charge in [-0.1, -0.05) is 29.3 Å². The van der Waals surface area contributed by atoms with Crippen LogP contribution >= 0.6 is 15.9 Å². The first-order valence-corrected chi connectivity index (χ1v) is 8.86. The van der Waals surface area contributed by atoms with E-state index >= 15 is 0 Å². The number of nitrogens with zero attached hydrogens (tertiary/aromatic N) is 2. The molecule has 0 amide bonds. The predicted molar refractivity (Wildman–Crippen MR) is 91.3 cm³/mol. The van der Waals surface area contributed by atoms with Crippen molar-refractivity contribution in [2.75, 3.05) is 31.6 Å². The van der Waals surface area contributed by atoms with Gasteiger partial charge >= 0.3 is 0 Å². The maximum Gasteiger partial charge on any atom is 0.142 e. The third-order valence-electron chi connectivity index (χ3n) is 4.96. The first-order chi connectivity index (χ1) is 10.2. The number of fused-ring (bicyclic) bond motifs is 1. The summed E-state index contributed by atoms with van der Waals surface area (Å²) < 4.78 is 6.73. The highest BCUT2D eigenvalue weighted by molar-refractivity contribution is 9.10. The van der Waals surface area contributed by atoms with Gasteiger partial charge < -0.3 is 9.64 Å². The van der Waals surface area contributed by atoms with Gasteiger partial charge in [-0.25, -0.2) is 0 Å². The maximum absolute atomic E-state index is 5.61. The van der Waals surface area contributed by atoms with E-state index in [1.807, 2.05) is 0 Å². The third-order valence-corrected chi connectivity index (χ3v) is 5.46. The van der Waals surface area contributed by atoms with Gasteiger partial charge in [0.2, 0.25) is 0 Å². The number of anilines is 1. The molecule has 0 saturated carbocycles. The second-order valence-corrected chi connectivity index (χ2v) is 7.09. The van der Waals surface area contributed by atoms with Crippen molar-refractivity contribution < 1.29 is 4.74 Å². The summed E-state index contributed by atoms with van der Waals surface area (Å²) >= 11 is 3.61. The smallest absolute Gasteiger partial charge is 0.142 e. The fourth-order valence-electron chi connectivity index (χ4n) is 3.78. The molecule has 1 aromatic rings. The van der Waals surface area contributed by atoms with Crippen LogP contribution in [0.3, 0.4) is 0 Å². The summed E-state index contributed by atoms with van der Waals surface area (Å²) in [5.74, 6) is 0.987. The Morgan fingerprint density at radius 1 is 1.29 bits per heavy atom. The molecule has 2 aliphatic heterocycles. The average molecular weight is 353 g/mol. The second-order valence-electron chi connectivity index (χ2n) is 6.18. The van der Waals surface area contributed by atoms with E-state index in [-0.39, 0.29) is 0 Å². The fourth-order valence-corrected chi connectivity index (χ4v) is 4.13. The number of piperidine rings is 1. The molecule has 3 nitrogen and oxygen atoms in total. The SMILES string of the molecule is CCC1CN2CCCCC2CN1c1cc(Br)ccc1OC. The van der Waals surface area contributed by atoms with Gasteiger partial charge in [-0.2, -0.15) is 0 Å². The molecular formula is C17H25BrN2O. The van der Waals surface area contributed by atoms with Gasteiger partial charge in [-0.05, 0) is 44.0 Å². The molecule has 21 heavy (non-hydrogen) atoms. The molecule has 2 aliphatic rings. The van der Waals surface area contributed by atoms with Crippen molar-refractivity contribution in [3.8, 4) is 5.75 Å². The number of rotatable bonds is 3. The van der Waals surface area contributed by atoms with Crippen molar-refractivity contribution in [1.82, 2.24) is 4.90 Å². The largest absolute Gasteiger partial charge is 0.495 e. The van der Waals surface area contributed by atoms with Gasteiger partial charge in [0, 0.05) is 29.6 Å². The number of benzene rings is 1. The number of piperazine rings is 1. The average Bonchev–Trinajstić information content (AvgIpc) is 2.53. The molecule has 2 heterocycles. The Bertz CT molecular complexity index is 494. The van der Waals surface area contributed by atoms with E-state index in [9.17, 15) is 0 Å². The van der Waals surface area contributed by atoms with Crippen molar-refractivity contribution in [2.45, 2.75) is 44.7 Å². The maximum atomic E-state index is 5.61. The van der Waals surface area contributed by atoms with Crippen LogP contribution in [-0.2, 0) is 0 Å². The first kappa shape index (κ1) is 15.2. The number of methoxy groups -OCH3 is 1. The molecule has 2 unspecified atom stereocenters. The van der Waals surface area contributed by atoms with Gasteiger partial charge in [-0.15, -0.1) is 0 Å². The van der Waals surface area contributed by atoms with Gasteiger partial charge in [0.25, 0.3) is 0 Å². The summed E-state index contributed by atoms with van der Waals surface area (Å²) in [4.78, 5) is 5.29. The lowest BCUT2D eigenvalue weighted by atomic mass is 9.95. The van der Waals surface area contributed by atoms with Gasteiger partial charge in [0.1, 0.15) is 5.75 Å². The Morgan fingerprint density at radius 3 is 2.90 bits per heavy atom. The lowest BCUT2D eigenvalue weighted by molar-refractivity contribution is 0.110. The van der Waals surface area contributed by atoms with Crippen LogP contribution in [0, 0.1) is 0 Å². The summed E-state index contributed by atoms with van der Waals surface area (Å²) in [5.41, 5.74) is 1.24. The molecule has 0 spiro atoms. The number of ether oxygens (including phenoxy) is 1. The topological polar surface area (TPSA) is 15.7 Å². The van der Waals surface area contributed by atoms with Crippen molar-refractivity contribution in [3.05, 3.63) is 22.7 Å². The Hall–Kier alpha value is -0.740. The summed E-state index contributed by atoms with van der Waals surface area (Å²) in [5, 5.41) is 0. The molecular weight excluding hydrogens is 328 g/mol. The molecule has 0 bridgehead atoms. The lowest BCUT2D eigenvalue weighted by Gasteiger charge is -2.49. The highest BCUT2D eigenvalue weighted by atomic mass is 79.9. The first-order valence-electron chi connectivity index (χ1n) is 8.07. The summed E-state index contributed by atoms with van der Waals surface area (Å²) in [6, 6.07) is 7.63. The highest BCUT2D eigenvalue weighted by Gasteiger charge is 2.35. The van der Waals surface area contributed by atoms with E-state index in [0.717, 1.165) is 16.8 Å². The Kier molecular flexibility index (Phi) is 4.75. The van der Waals surface area contributed by atoms with E-state index in [1.165, 1.54) is 44.5 Å². The molecule has 0 N–H and O–H groups in total. The van der Waals surface area contributed by atoms with Gasteiger partial charge in [0.05, 0.1) is 12.8 Å². The Balaban J connectivity index is 1.90. The number of halogens is 1. The van der Waals surface area contributed by atoms with Crippen LogP contribution in [0.5, 0.6) is 5.75 Å². The molecule has 4 heteroatoms. The van der Waals surface area contributed by atoms with Crippen molar-refractivity contribution in [2.24, 2.45) is 0 Å². The normalized spacial score (nSPS) is 26.5. The van der Waals surface area contributed by atoms with Crippen LogP contribution in [0.15, 0.2) is 22.7 Å². The van der Waals surface area contributed by atoms with Crippen molar-refractivity contribution in [3.63, 3.8) is 0 Å². The molecule has 3 rings (SSSR count). The minimum Gasteiger partial charge on any atom is -0.495 e. The van der Waals surface area contributed by atoms with E-state index < -0.39 is 0 Å². The number of hydrogen-bond donors (Lipinski definition) is 0. The molecule has 2 atom stereocenters. The predicted octanol–water partition coefficient (Wildman–Crippen LogP) is 3.91. The van der Waals surface area contributed by atoms with Crippen LogP contribution < -0.4 is 9.64 Å². The third kappa shape index (κ3) is 3.07. The minimum absolute atomic E-state index is 0.586. The highest BCUT2D eigenvalue weighted by Crippen LogP contribution is 2.36. The number of hydrogen-bond acceptors (Lipinski definition) is 3. The molecule has 2 fully saturated rings. The minimum atomic E-state index is 0.586. The van der Waals surface area contributed by atoms with E-state index in [0.29, 0.717) is 12.1 Å². The van der Waals surface area contributed by atoms with Crippen LogP contribution in [-0.4, -0.2) is 43.7 Å². The van der Waals surface area contributed by atoms with E-state index in [4.69, 9.17) is 4.74 Å². The summed E-state index contributed by atoms with van der Waals surface area (Å²) in [6.07, 6.45) is 5.26. The zero-order valence-electron chi connectivity index (χ0n) is 13.0. The van der Waals surface area contributed by atoms with Crippen LogP contribution in [0.4, 0.5) is 5.69 Å². The quantitative estimate of drug-likeness (QED) is 0.819. The lowest BCUT2D eigenvalue weighted by Crippen LogP contribution is -2.59. The van der Waals surface area contributed by atoms with Crippen molar-refractivity contribution in [1.29, 1.82) is 0 Å². The summed E-state index contributed by atoms with van der Waals surface area (Å²) in [6.45, 7) is 5.90. The molecule has 2 saturated heterocycles. The molecule has 116 valence electrons. The monoisotopic (exact) mass is 352 g/mol. The van der Waals surface area contributed by atoms with Gasteiger partial charge in [0.15, 0.2) is 0 Å². The van der Waals surface area contributed by atoms with Crippen molar-refractivity contribution >= 4 is 21.6 Å². The Morgan fingerprint density at radius 2 is 2.14 bits per heavy atom. The van der Waals surface area contributed by atoms with E-state index in [2.05, 4.69) is 50.9 Å². The molecule has 1 aromatic carbocycles. The van der Waals surface area contributed by atoms with Crippen LogP contribution in [0.1, 0.15) is 32.6 Å². The van der Waals surface area contributed by atoms with Crippen LogP contribution in [0.2, 0.25) is 0 Å². The summed E-state index contributed by atoms with van der Waals surface area (Å²) in [7, 11) is 1.77.